The molecule has 1 aromatic rings. The number of nitrogens with zero attached hydrogens (tertiary/aromatic N) is 1. The average Bonchev–Trinajstić information content (AvgIpc) is 2.52. The highest BCUT2D eigenvalue weighted by atomic mass is 35.5. The fourth-order valence-electron chi connectivity index (χ4n) is 2.32. The summed E-state index contributed by atoms with van der Waals surface area (Å²) >= 11 is 5.85. The molecule has 1 aliphatic rings. The summed E-state index contributed by atoms with van der Waals surface area (Å²) in [6, 6.07) is 5.15. The van der Waals surface area contributed by atoms with Gasteiger partial charge in [0.2, 0.25) is 15.9 Å². The monoisotopic (exact) mass is 360 g/mol. The van der Waals surface area contributed by atoms with Gasteiger partial charge in [-0.1, -0.05) is 31.5 Å². The van der Waals surface area contributed by atoms with Crippen molar-refractivity contribution in [2.45, 2.75) is 24.8 Å². The Kier molecular flexibility index (Phi) is 6.02. The number of rotatable bonds is 5. The molecule has 0 aromatic heterocycles. The summed E-state index contributed by atoms with van der Waals surface area (Å²) in [4.78, 5) is 14.3. The molecule has 2 rings (SSSR count). The van der Waals surface area contributed by atoms with Crippen molar-refractivity contribution in [1.82, 2.24) is 9.62 Å². The van der Waals surface area contributed by atoms with Crippen molar-refractivity contribution in [3.05, 3.63) is 29.3 Å². The number of morpholine rings is 1. The van der Waals surface area contributed by atoms with E-state index < -0.39 is 16.1 Å². The molecule has 128 valence electrons. The van der Waals surface area contributed by atoms with Crippen molar-refractivity contribution < 1.29 is 17.9 Å². The smallest absolute Gasteiger partial charge is 0.241 e. The van der Waals surface area contributed by atoms with Crippen LogP contribution in [0.1, 0.15) is 13.8 Å². The Bertz CT molecular complexity index is 657. The van der Waals surface area contributed by atoms with Crippen LogP contribution >= 0.6 is 11.6 Å². The lowest BCUT2D eigenvalue weighted by molar-refractivity contribution is -0.138. The van der Waals surface area contributed by atoms with E-state index in [9.17, 15) is 13.2 Å². The lowest BCUT2D eigenvalue weighted by atomic mass is 10.0. The maximum Gasteiger partial charge on any atom is 0.241 e. The molecule has 0 radical (unpaired) electrons. The van der Waals surface area contributed by atoms with Gasteiger partial charge in [0.15, 0.2) is 0 Å². The highest BCUT2D eigenvalue weighted by Crippen LogP contribution is 2.17. The molecule has 8 heteroatoms. The minimum Gasteiger partial charge on any atom is -0.378 e. The number of amides is 1. The molecule has 0 saturated carbocycles. The molecule has 1 heterocycles. The molecule has 1 atom stereocenters. The molecule has 1 saturated heterocycles. The minimum absolute atomic E-state index is 0.0467. The van der Waals surface area contributed by atoms with Gasteiger partial charge in [-0.25, -0.2) is 8.42 Å². The van der Waals surface area contributed by atoms with Gasteiger partial charge in [0.1, 0.15) is 6.04 Å². The van der Waals surface area contributed by atoms with Gasteiger partial charge < -0.3 is 9.64 Å². The molecule has 6 nitrogen and oxygen atoms in total. The SMILES string of the molecule is CC(C)[C@H](NS(=O)(=O)c1cccc(Cl)c1)C(=O)N1CCOCC1. The lowest BCUT2D eigenvalue weighted by Crippen LogP contribution is -2.53. The van der Waals surface area contributed by atoms with Crippen LogP contribution in [0.25, 0.3) is 0 Å². The Hall–Kier alpha value is -1.15. The van der Waals surface area contributed by atoms with Crippen LogP contribution in [0.15, 0.2) is 29.2 Å². The van der Waals surface area contributed by atoms with E-state index >= 15 is 0 Å². The Morgan fingerprint density at radius 1 is 1.30 bits per heavy atom. The molecule has 1 N–H and O–H groups in total. The molecule has 23 heavy (non-hydrogen) atoms. The zero-order valence-electron chi connectivity index (χ0n) is 13.2. The molecule has 0 spiro atoms. The van der Waals surface area contributed by atoms with Crippen LogP contribution in [0.3, 0.4) is 0 Å². The van der Waals surface area contributed by atoms with Crippen molar-refractivity contribution in [1.29, 1.82) is 0 Å². The second-order valence-corrected chi connectivity index (χ2v) is 7.89. The summed E-state index contributed by atoms with van der Waals surface area (Å²) in [7, 11) is -3.82. The molecule has 0 aliphatic carbocycles. The third-order valence-electron chi connectivity index (χ3n) is 3.64. The first kappa shape index (κ1) is 18.2. The number of hydrogen-bond acceptors (Lipinski definition) is 4. The van der Waals surface area contributed by atoms with Gasteiger partial charge in [-0.05, 0) is 24.1 Å². The van der Waals surface area contributed by atoms with Crippen LogP contribution in [-0.2, 0) is 19.6 Å². The van der Waals surface area contributed by atoms with Gasteiger partial charge in [-0.3, -0.25) is 4.79 Å². The number of ether oxygens (including phenoxy) is 1. The quantitative estimate of drug-likeness (QED) is 0.863. The Morgan fingerprint density at radius 3 is 2.52 bits per heavy atom. The van der Waals surface area contributed by atoms with Crippen molar-refractivity contribution in [2.24, 2.45) is 5.92 Å². The molecule has 1 amide bonds. The number of hydrogen-bond donors (Lipinski definition) is 1. The predicted molar refractivity (Wildman–Crippen MR) is 87.8 cm³/mol. The van der Waals surface area contributed by atoms with Crippen molar-refractivity contribution in [3.8, 4) is 0 Å². The molecule has 1 aromatic carbocycles. The van der Waals surface area contributed by atoms with Crippen molar-refractivity contribution in [2.75, 3.05) is 26.3 Å². The van der Waals surface area contributed by atoms with E-state index in [2.05, 4.69) is 4.72 Å². The van der Waals surface area contributed by atoms with E-state index in [0.717, 1.165) is 0 Å². The van der Waals surface area contributed by atoms with E-state index in [4.69, 9.17) is 16.3 Å². The number of carbonyl (C=O) groups is 1. The maximum absolute atomic E-state index is 12.6. The third kappa shape index (κ3) is 4.67. The molecule has 0 bridgehead atoms. The Labute approximate surface area is 141 Å². The first-order valence-electron chi connectivity index (χ1n) is 7.45. The van der Waals surface area contributed by atoms with E-state index in [0.29, 0.717) is 31.3 Å². The number of halogens is 1. The Morgan fingerprint density at radius 2 is 1.96 bits per heavy atom. The fraction of sp³-hybridized carbons (Fsp3) is 0.533. The zero-order chi connectivity index (χ0) is 17.0. The second kappa shape index (κ2) is 7.61. The van der Waals surface area contributed by atoms with Crippen LogP contribution < -0.4 is 4.72 Å². The Balaban J connectivity index is 2.19. The lowest BCUT2D eigenvalue weighted by Gasteiger charge is -2.32. The average molecular weight is 361 g/mol. The largest absolute Gasteiger partial charge is 0.378 e. The number of nitrogens with one attached hydrogen (secondary N) is 1. The third-order valence-corrected chi connectivity index (χ3v) is 5.32. The minimum atomic E-state index is -3.82. The van der Waals surface area contributed by atoms with Crippen LogP contribution in [0.2, 0.25) is 5.02 Å². The number of benzene rings is 1. The molecule has 0 unspecified atom stereocenters. The van der Waals surface area contributed by atoms with Gasteiger partial charge in [-0.15, -0.1) is 0 Å². The summed E-state index contributed by atoms with van der Waals surface area (Å²) in [5, 5.41) is 0.327. The first-order chi connectivity index (χ1) is 10.8. The number of sulfonamides is 1. The van der Waals surface area contributed by atoms with Crippen LogP contribution in [-0.4, -0.2) is 51.6 Å². The number of carbonyl (C=O) groups excluding carboxylic acids is 1. The van der Waals surface area contributed by atoms with Gasteiger partial charge in [0.05, 0.1) is 18.1 Å². The molecular weight excluding hydrogens is 340 g/mol. The summed E-state index contributed by atoms with van der Waals surface area (Å²) < 4.78 is 32.8. The van der Waals surface area contributed by atoms with Crippen molar-refractivity contribution >= 4 is 27.5 Å². The van der Waals surface area contributed by atoms with Crippen LogP contribution in [0.5, 0.6) is 0 Å². The van der Waals surface area contributed by atoms with Crippen LogP contribution in [0, 0.1) is 5.92 Å². The molecule has 1 aliphatic heterocycles. The van der Waals surface area contributed by atoms with Crippen molar-refractivity contribution in [3.63, 3.8) is 0 Å². The topological polar surface area (TPSA) is 75.7 Å². The highest BCUT2D eigenvalue weighted by molar-refractivity contribution is 7.89. The van der Waals surface area contributed by atoms with Gasteiger partial charge in [0.25, 0.3) is 0 Å². The van der Waals surface area contributed by atoms with E-state index in [-0.39, 0.29) is 16.7 Å². The highest BCUT2D eigenvalue weighted by Gasteiger charge is 2.32. The van der Waals surface area contributed by atoms with E-state index in [1.54, 1.807) is 17.0 Å². The van der Waals surface area contributed by atoms with Gasteiger partial charge in [0, 0.05) is 18.1 Å². The fourth-order valence-corrected chi connectivity index (χ4v) is 3.96. The summed E-state index contributed by atoms with van der Waals surface area (Å²) in [5.74, 6) is -0.409. The van der Waals surface area contributed by atoms with E-state index in [1.807, 2.05) is 13.8 Å². The predicted octanol–water partition coefficient (Wildman–Crippen LogP) is 1.50. The summed E-state index contributed by atoms with van der Waals surface area (Å²) in [5.41, 5.74) is 0. The van der Waals surface area contributed by atoms with E-state index in [1.165, 1.54) is 12.1 Å². The normalized spacial score (nSPS) is 17.3. The standard InChI is InChI=1S/C15H21ClN2O4S/c1-11(2)14(15(19)18-6-8-22-9-7-18)17-23(20,21)13-5-3-4-12(16)10-13/h3-5,10-11,14,17H,6-9H2,1-2H3/t14-/m0/s1. The summed E-state index contributed by atoms with van der Waals surface area (Å²) in [6.45, 7) is 5.50. The second-order valence-electron chi connectivity index (χ2n) is 5.74. The summed E-state index contributed by atoms with van der Waals surface area (Å²) in [6.07, 6.45) is 0. The molecular formula is C15H21ClN2O4S. The first-order valence-corrected chi connectivity index (χ1v) is 9.32. The van der Waals surface area contributed by atoms with Gasteiger partial charge in [-0.2, -0.15) is 4.72 Å². The maximum atomic E-state index is 12.6. The van der Waals surface area contributed by atoms with Gasteiger partial charge >= 0.3 is 0 Å². The zero-order valence-corrected chi connectivity index (χ0v) is 14.7. The van der Waals surface area contributed by atoms with Crippen LogP contribution in [0.4, 0.5) is 0 Å². The molecule has 1 fully saturated rings.